The molecule has 150 valence electrons. The number of hydrogen-bond acceptors (Lipinski definition) is 4. The van der Waals surface area contributed by atoms with E-state index in [-0.39, 0.29) is 5.41 Å². The molecule has 3 heterocycles. The van der Waals surface area contributed by atoms with Crippen molar-refractivity contribution in [1.82, 2.24) is 14.9 Å². The monoisotopic (exact) mass is 398 g/mol. The molecule has 2 saturated heterocycles. The highest BCUT2D eigenvalue weighted by atomic mass is 16.4. The molecule has 0 aliphatic carbocycles. The smallest absolute Gasteiger partial charge is 0.407 e. The number of likely N-dealkylation sites (tertiary alicyclic amines) is 1. The van der Waals surface area contributed by atoms with E-state index in [1.165, 1.54) is 4.90 Å². The van der Waals surface area contributed by atoms with Crippen molar-refractivity contribution in [3.63, 3.8) is 0 Å². The van der Waals surface area contributed by atoms with Gasteiger partial charge in [0.05, 0.1) is 5.52 Å². The first kappa shape index (κ1) is 18.4. The first-order valence-corrected chi connectivity index (χ1v) is 10.2. The second-order valence-corrected chi connectivity index (χ2v) is 8.17. The molecule has 3 aromatic rings. The highest BCUT2D eigenvalue weighted by molar-refractivity contribution is 5.90. The van der Waals surface area contributed by atoms with E-state index in [4.69, 9.17) is 0 Å². The van der Waals surface area contributed by atoms with Crippen molar-refractivity contribution in [3.05, 3.63) is 66.0 Å². The third kappa shape index (κ3) is 3.43. The molecule has 0 atom stereocenters. The van der Waals surface area contributed by atoms with E-state index in [2.05, 4.69) is 32.8 Å². The predicted molar refractivity (Wildman–Crippen MR) is 115 cm³/mol. The van der Waals surface area contributed by atoms with E-state index in [1.54, 1.807) is 6.33 Å². The molecule has 30 heavy (non-hydrogen) atoms. The van der Waals surface area contributed by atoms with Crippen LogP contribution < -0.4 is 4.90 Å². The van der Waals surface area contributed by atoms with Crippen molar-refractivity contribution in [1.29, 1.82) is 0 Å². The third-order valence-corrected chi connectivity index (χ3v) is 6.19. The number of anilines is 1. The first-order chi connectivity index (χ1) is 14.6. The SMILES string of the molecule is O=C(O)N1CCC2(CC1)CN(c1ncnc3ccc(C#Cc4ccccc4)cc13)C2. The van der Waals surface area contributed by atoms with Crippen LogP contribution in [-0.2, 0) is 0 Å². The van der Waals surface area contributed by atoms with E-state index in [1.807, 2.05) is 42.5 Å². The Labute approximate surface area is 175 Å². The lowest BCUT2D eigenvalue weighted by atomic mass is 9.72. The fourth-order valence-corrected chi connectivity index (χ4v) is 4.44. The summed E-state index contributed by atoms with van der Waals surface area (Å²) in [4.78, 5) is 24.0. The van der Waals surface area contributed by atoms with E-state index < -0.39 is 6.09 Å². The van der Waals surface area contributed by atoms with Gasteiger partial charge in [-0.05, 0) is 43.2 Å². The largest absolute Gasteiger partial charge is 0.465 e. The van der Waals surface area contributed by atoms with Gasteiger partial charge in [-0.25, -0.2) is 14.8 Å². The molecule has 6 heteroatoms. The summed E-state index contributed by atoms with van der Waals surface area (Å²) in [6, 6.07) is 16.0. The van der Waals surface area contributed by atoms with Gasteiger partial charge >= 0.3 is 6.09 Å². The molecule has 1 aromatic heterocycles. The van der Waals surface area contributed by atoms with Gasteiger partial charge in [-0.15, -0.1) is 0 Å². The average Bonchev–Trinajstić information content (AvgIpc) is 2.76. The number of hydrogen-bond donors (Lipinski definition) is 1. The van der Waals surface area contributed by atoms with Crippen molar-refractivity contribution in [3.8, 4) is 11.8 Å². The zero-order chi connectivity index (χ0) is 20.6. The molecule has 2 aliphatic heterocycles. The summed E-state index contributed by atoms with van der Waals surface area (Å²) < 4.78 is 0. The van der Waals surface area contributed by atoms with Crippen molar-refractivity contribution >= 4 is 22.8 Å². The molecule has 0 unspecified atom stereocenters. The second-order valence-electron chi connectivity index (χ2n) is 8.17. The molecule has 1 spiro atoms. The topological polar surface area (TPSA) is 69.6 Å². The van der Waals surface area contributed by atoms with Crippen molar-refractivity contribution in [2.24, 2.45) is 5.41 Å². The van der Waals surface area contributed by atoms with Gasteiger partial charge in [0.25, 0.3) is 0 Å². The van der Waals surface area contributed by atoms with Crippen molar-refractivity contribution in [2.45, 2.75) is 12.8 Å². The van der Waals surface area contributed by atoms with Gasteiger partial charge in [0.1, 0.15) is 12.1 Å². The Morgan fingerprint density at radius 3 is 2.43 bits per heavy atom. The molecule has 6 nitrogen and oxygen atoms in total. The Kier molecular flexibility index (Phi) is 4.51. The normalized spacial score (nSPS) is 17.3. The summed E-state index contributed by atoms with van der Waals surface area (Å²) in [6.45, 7) is 3.05. The van der Waals surface area contributed by atoms with Crippen LogP contribution in [0.25, 0.3) is 10.9 Å². The van der Waals surface area contributed by atoms with Gasteiger partial charge < -0.3 is 14.9 Å². The van der Waals surface area contributed by atoms with Crippen LogP contribution in [0, 0.1) is 17.3 Å². The number of rotatable bonds is 1. The minimum atomic E-state index is -0.813. The lowest BCUT2D eigenvalue weighted by molar-refractivity contribution is 0.0708. The number of amides is 1. The lowest BCUT2D eigenvalue weighted by Crippen LogP contribution is -2.61. The summed E-state index contributed by atoms with van der Waals surface area (Å²) in [5.74, 6) is 7.39. The molecular weight excluding hydrogens is 376 g/mol. The summed E-state index contributed by atoms with van der Waals surface area (Å²) in [6.07, 6.45) is 2.62. The highest BCUT2D eigenvalue weighted by Crippen LogP contribution is 2.43. The number of aromatic nitrogens is 2. The number of benzene rings is 2. The van der Waals surface area contributed by atoms with Gasteiger partial charge in [0, 0.05) is 48.1 Å². The summed E-state index contributed by atoms with van der Waals surface area (Å²) in [7, 11) is 0. The maximum Gasteiger partial charge on any atom is 0.407 e. The van der Waals surface area contributed by atoms with E-state index >= 15 is 0 Å². The van der Waals surface area contributed by atoms with Crippen LogP contribution >= 0.6 is 0 Å². The molecule has 5 rings (SSSR count). The maximum absolute atomic E-state index is 11.2. The molecule has 0 bridgehead atoms. The Bertz CT molecular complexity index is 1150. The van der Waals surface area contributed by atoms with Crippen LogP contribution in [0.2, 0.25) is 0 Å². The molecule has 2 aliphatic rings. The fraction of sp³-hybridized carbons (Fsp3) is 0.292. The van der Waals surface area contributed by atoms with Crippen molar-refractivity contribution < 1.29 is 9.90 Å². The Morgan fingerprint density at radius 2 is 1.70 bits per heavy atom. The highest BCUT2D eigenvalue weighted by Gasteiger charge is 2.46. The zero-order valence-electron chi connectivity index (χ0n) is 16.6. The zero-order valence-corrected chi connectivity index (χ0v) is 16.6. The maximum atomic E-state index is 11.2. The van der Waals surface area contributed by atoms with Crippen LogP contribution in [0.15, 0.2) is 54.9 Å². The first-order valence-electron chi connectivity index (χ1n) is 10.2. The van der Waals surface area contributed by atoms with Crippen molar-refractivity contribution in [2.75, 3.05) is 31.1 Å². The molecular formula is C24H22N4O2. The standard InChI is InChI=1S/C24H22N4O2/c29-23(30)27-12-10-24(11-13-27)15-28(16-24)22-20-14-19(8-9-21(20)25-17-26-22)7-6-18-4-2-1-3-5-18/h1-5,8-9,14,17H,10-13,15-16H2,(H,29,30). The molecule has 0 saturated carbocycles. The predicted octanol–water partition coefficient (Wildman–Crippen LogP) is 3.61. The average molecular weight is 398 g/mol. The fourth-order valence-electron chi connectivity index (χ4n) is 4.44. The van der Waals surface area contributed by atoms with Crippen LogP contribution in [0.3, 0.4) is 0 Å². The van der Waals surface area contributed by atoms with Gasteiger partial charge in [-0.3, -0.25) is 0 Å². The number of carboxylic acid groups (broad SMARTS) is 1. The van der Waals surface area contributed by atoms with E-state index in [9.17, 15) is 9.90 Å². The molecule has 0 radical (unpaired) electrons. The number of carbonyl (C=O) groups is 1. The summed E-state index contributed by atoms with van der Waals surface area (Å²) in [5, 5.41) is 10.2. The Morgan fingerprint density at radius 1 is 0.967 bits per heavy atom. The van der Waals surface area contributed by atoms with Crippen LogP contribution in [-0.4, -0.2) is 52.2 Å². The molecule has 1 amide bonds. The molecule has 2 fully saturated rings. The summed E-state index contributed by atoms with van der Waals surface area (Å²) in [5.41, 5.74) is 3.03. The van der Waals surface area contributed by atoms with Crippen LogP contribution in [0.1, 0.15) is 24.0 Å². The van der Waals surface area contributed by atoms with E-state index in [0.717, 1.165) is 53.8 Å². The Balaban J connectivity index is 1.37. The quantitative estimate of drug-likeness (QED) is 0.634. The third-order valence-electron chi connectivity index (χ3n) is 6.19. The van der Waals surface area contributed by atoms with Crippen LogP contribution in [0.5, 0.6) is 0 Å². The lowest BCUT2D eigenvalue weighted by Gasteiger charge is -2.54. The number of fused-ring (bicyclic) bond motifs is 1. The van der Waals surface area contributed by atoms with E-state index in [0.29, 0.717) is 13.1 Å². The molecule has 1 N–H and O–H groups in total. The minimum absolute atomic E-state index is 0.202. The Hall–Kier alpha value is -3.59. The van der Waals surface area contributed by atoms with Gasteiger partial charge in [-0.1, -0.05) is 30.0 Å². The number of piperidine rings is 1. The number of nitrogens with zero attached hydrogens (tertiary/aromatic N) is 4. The van der Waals surface area contributed by atoms with Gasteiger partial charge in [0.15, 0.2) is 0 Å². The second kappa shape index (κ2) is 7.34. The van der Waals surface area contributed by atoms with Gasteiger partial charge in [0.2, 0.25) is 0 Å². The summed E-state index contributed by atoms with van der Waals surface area (Å²) >= 11 is 0. The molecule has 2 aromatic carbocycles. The minimum Gasteiger partial charge on any atom is -0.465 e. The van der Waals surface area contributed by atoms with Crippen LogP contribution in [0.4, 0.5) is 10.6 Å². The van der Waals surface area contributed by atoms with Gasteiger partial charge in [-0.2, -0.15) is 0 Å².